The number of aromatic nitrogens is 2. The molecule has 1 aromatic carbocycles. The molecule has 5 nitrogen and oxygen atoms in total. The highest BCUT2D eigenvalue weighted by molar-refractivity contribution is 5.76. The predicted octanol–water partition coefficient (Wildman–Crippen LogP) is 0.896. The minimum atomic E-state index is -0.0172. The second-order valence-electron chi connectivity index (χ2n) is 4.29. The zero-order valence-electron chi connectivity index (χ0n) is 10.7. The van der Waals surface area contributed by atoms with E-state index in [9.17, 15) is 4.79 Å². The quantitative estimate of drug-likeness (QED) is 0.808. The lowest BCUT2D eigenvalue weighted by Gasteiger charge is -2.10. The first kappa shape index (κ1) is 13.3. The molecule has 1 aromatic heterocycles. The summed E-state index contributed by atoms with van der Waals surface area (Å²) in [5.74, 6) is -0.0172. The molecule has 3 N–H and O–H groups in total. The van der Waals surface area contributed by atoms with Crippen LogP contribution in [0, 0.1) is 0 Å². The maximum Gasteiger partial charge on any atom is 0.221 e. The monoisotopic (exact) mass is 258 g/mol. The summed E-state index contributed by atoms with van der Waals surface area (Å²) < 4.78 is 1.86. The van der Waals surface area contributed by atoms with Crippen LogP contribution < -0.4 is 11.1 Å². The molecule has 0 aliphatic rings. The molecule has 1 amide bonds. The molecule has 5 heteroatoms. The van der Waals surface area contributed by atoms with E-state index < -0.39 is 0 Å². The fourth-order valence-corrected chi connectivity index (χ4v) is 1.87. The van der Waals surface area contributed by atoms with Gasteiger partial charge in [0, 0.05) is 31.9 Å². The number of carbonyl (C=O) groups is 1. The van der Waals surface area contributed by atoms with Gasteiger partial charge >= 0.3 is 0 Å². The Labute approximate surface area is 112 Å². The summed E-state index contributed by atoms with van der Waals surface area (Å²) in [4.78, 5) is 11.4. The number of hydrogen-bond donors (Lipinski definition) is 2. The van der Waals surface area contributed by atoms with Crippen molar-refractivity contribution in [3.8, 4) is 0 Å². The summed E-state index contributed by atoms with van der Waals surface area (Å²) in [5.41, 5.74) is 7.60. The molecule has 0 bridgehead atoms. The Balaban J connectivity index is 2.02. The molecule has 0 saturated heterocycles. The number of carbonyl (C=O) groups excluding carboxylic acids is 1. The number of rotatable bonds is 6. The van der Waals surface area contributed by atoms with Crippen molar-refractivity contribution in [2.24, 2.45) is 5.73 Å². The van der Waals surface area contributed by atoms with Crippen LogP contribution in [-0.2, 0) is 17.9 Å². The van der Waals surface area contributed by atoms with Crippen molar-refractivity contribution in [2.75, 3.05) is 6.54 Å². The van der Waals surface area contributed by atoms with Crippen LogP contribution in [0.4, 0.5) is 0 Å². The summed E-state index contributed by atoms with van der Waals surface area (Å²) in [6.45, 7) is 1.60. The Morgan fingerprint density at radius 2 is 2.05 bits per heavy atom. The summed E-state index contributed by atoms with van der Waals surface area (Å²) >= 11 is 0. The van der Waals surface area contributed by atoms with Crippen molar-refractivity contribution in [2.45, 2.75) is 19.5 Å². The van der Waals surface area contributed by atoms with E-state index in [1.807, 2.05) is 41.2 Å². The van der Waals surface area contributed by atoms with E-state index in [1.54, 1.807) is 6.20 Å². The van der Waals surface area contributed by atoms with Gasteiger partial charge in [-0.15, -0.1) is 0 Å². The van der Waals surface area contributed by atoms with Gasteiger partial charge in [-0.3, -0.25) is 9.48 Å². The van der Waals surface area contributed by atoms with Crippen LogP contribution in [0.1, 0.15) is 17.5 Å². The molecular weight excluding hydrogens is 240 g/mol. The normalized spacial score (nSPS) is 10.4. The minimum Gasteiger partial charge on any atom is -0.352 e. The van der Waals surface area contributed by atoms with Crippen LogP contribution in [0.25, 0.3) is 0 Å². The van der Waals surface area contributed by atoms with Gasteiger partial charge in [0.15, 0.2) is 0 Å². The number of benzene rings is 1. The number of amides is 1. The second kappa shape index (κ2) is 6.70. The van der Waals surface area contributed by atoms with Crippen molar-refractivity contribution in [3.05, 3.63) is 53.9 Å². The first-order valence-corrected chi connectivity index (χ1v) is 6.30. The number of nitrogens with two attached hydrogens (primary N) is 1. The topological polar surface area (TPSA) is 72.9 Å². The lowest BCUT2D eigenvalue weighted by molar-refractivity contribution is -0.121. The number of nitrogens with zero attached hydrogens (tertiary/aromatic N) is 2. The Hall–Kier alpha value is -2.14. The van der Waals surface area contributed by atoms with Crippen molar-refractivity contribution in [3.63, 3.8) is 0 Å². The van der Waals surface area contributed by atoms with Crippen LogP contribution in [0.2, 0.25) is 0 Å². The first-order valence-electron chi connectivity index (χ1n) is 6.30. The first-order chi connectivity index (χ1) is 9.29. The van der Waals surface area contributed by atoms with Crippen molar-refractivity contribution in [1.29, 1.82) is 0 Å². The van der Waals surface area contributed by atoms with Gasteiger partial charge in [-0.25, -0.2) is 0 Å². The van der Waals surface area contributed by atoms with Gasteiger partial charge in [0.2, 0.25) is 5.91 Å². The summed E-state index contributed by atoms with van der Waals surface area (Å²) in [5, 5.41) is 7.06. The van der Waals surface area contributed by atoms with Crippen molar-refractivity contribution >= 4 is 5.91 Å². The number of nitrogens with one attached hydrogen (secondary N) is 1. The molecule has 0 unspecified atom stereocenters. The van der Waals surface area contributed by atoms with Gasteiger partial charge < -0.3 is 11.1 Å². The number of hydrogen-bond acceptors (Lipinski definition) is 3. The Kier molecular flexibility index (Phi) is 4.69. The molecule has 0 atom stereocenters. The highest BCUT2D eigenvalue weighted by Crippen LogP contribution is 2.10. The van der Waals surface area contributed by atoms with E-state index in [2.05, 4.69) is 10.4 Å². The highest BCUT2D eigenvalue weighted by Gasteiger charge is 2.05. The zero-order valence-corrected chi connectivity index (χ0v) is 10.7. The third-order valence-corrected chi connectivity index (χ3v) is 2.86. The van der Waals surface area contributed by atoms with Crippen molar-refractivity contribution < 1.29 is 4.79 Å². The average molecular weight is 258 g/mol. The van der Waals surface area contributed by atoms with E-state index >= 15 is 0 Å². The molecule has 0 aliphatic heterocycles. The fourth-order valence-electron chi connectivity index (χ4n) is 1.87. The maximum atomic E-state index is 11.4. The van der Waals surface area contributed by atoms with Crippen LogP contribution in [0.15, 0.2) is 42.7 Å². The van der Waals surface area contributed by atoms with Crippen molar-refractivity contribution in [1.82, 2.24) is 15.1 Å². The molecular formula is C14H18N4O. The van der Waals surface area contributed by atoms with Gasteiger partial charge in [-0.1, -0.05) is 24.3 Å². The third kappa shape index (κ3) is 3.93. The molecule has 0 spiro atoms. The summed E-state index contributed by atoms with van der Waals surface area (Å²) in [7, 11) is 0. The molecule has 2 aromatic rings. The standard InChI is InChI=1S/C14H18N4O/c15-7-6-14(19)16-10-12-4-1-2-5-13(12)11-18-9-3-8-17-18/h1-5,8-9H,6-7,10-11,15H2,(H,16,19). The van der Waals surface area contributed by atoms with Gasteiger partial charge in [-0.2, -0.15) is 5.10 Å². The molecule has 2 rings (SSSR count). The average Bonchev–Trinajstić information content (AvgIpc) is 2.91. The van der Waals surface area contributed by atoms with Crippen LogP contribution in [-0.4, -0.2) is 22.2 Å². The van der Waals surface area contributed by atoms with Gasteiger partial charge in [-0.05, 0) is 17.2 Å². The summed E-state index contributed by atoms with van der Waals surface area (Å²) in [6, 6.07) is 9.92. The molecule has 1 heterocycles. The highest BCUT2D eigenvalue weighted by atomic mass is 16.1. The van der Waals surface area contributed by atoms with Gasteiger partial charge in [0.25, 0.3) is 0 Å². The van der Waals surface area contributed by atoms with Gasteiger partial charge in [0.1, 0.15) is 0 Å². The Morgan fingerprint density at radius 3 is 2.74 bits per heavy atom. The second-order valence-corrected chi connectivity index (χ2v) is 4.29. The van der Waals surface area contributed by atoms with E-state index in [0.717, 1.165) is 11.1 Å². The van der Waals surface area contributed by atoms with Crippen LogP contribution in [0.3, 0.4) is 0 Å². The lowest BCUT2D eigenvalue weighted by atomic mass is 10.1. The largest absolute Gasteiger partial charge is 0.352 e. The smallest absolute Gasteiger partial charge is 0.221 e. The lowest BCUT2D eigenvalue weighted by Crippen LogP contribution is -2.25. The molecule has 0 radical (unpaired) electrons. The summed E-state index contributed by atoms with van der Waals surface area (Å²) in [6.07, 6.45) is 4.04. The van der Waals surface area contributed by atoms with Crippen LogP contribution in [0.5, 0.6) is 0 Å². The van der Waals surface area contributed by atoms with E-state index in [-0.39, 0.29) is 5.91 Å². The zero-order chi connectivity index (χ0) is 13.5. The molecule has 19 heavy (non-hydrogen) atoms. The molecule has 0 saturated carbocycles. The third-order valence-electron chi connectivity index (χ3n) is 2.86. The molecule has 0 aliphatic carbocycles. The molecule has 0 fully saturated rings. The minimum absolute atomic E-state index is 0.0172. The van der Waals surface area contributed by atoms with E-state index in [1.165, 1.54) is 0 Å². The predicted molar refractivity (Wildman–Crippen MR) is 73.3 cm³/mol. The fraction of sp³-hybridized carbons (Fsp3) is 0.286. The maximum absolute atomic E-state index is 11.4. The molecule has 100 valence electrons. The van der Waals surface area contributed by atoms with E-state index in [0.29, 0.717) is 26.1 Å². The Morgan fingerprint density at radius 1 is 1.26 bits per heavy atom. The van der Waals surface area contributed by atoms with Crippen LogP contribution >= 0.6 is 0 Å². The SMILES string of the molecule is NCCC(=O)NCc1ccccc1Cn1cccn1. The van der Waals surface area contributed by atoms with Gasteiger partial charge in [0.05, 0.1) is 6.54 Å². The van der Waals surface area contributed by atoms with E-state index in [4.69, 9.17) is 5.73 Å². The Bertz CT molecular complexity index is 522.